The van der Waals surface area contributed by atoms with Gasteiger partial charge in [0.05, 0.1) is 5.41 Å². The van der Waals surface area contributed by atoms with Crippen LogP contribution in [-0.2, 0) is 33.4 Å². The van der Waals surface area contributed by atoms with Crippen molar-refractivity contribution in [3.05, 3.63) is 0 Å². The molecular weight excluding hydrogens is 539 g/mol. The molecule has 0 aromatic rings. The Morgan fingerprint density at radius 3 is 1.84 bits per heavy atom. The van der Waals surface area contributed by atoms with E-state index in [1.165, 1.54) is 0 Å². The number of alkyl halides is 9. The molecule has 4 saturated carbocycles. The third-order valence-electron chi connectivity index (χ3n) is 6.88. The quantitative estimate of drug-likeness (QED) is 0.240. The van der Waals surface area contributed by atoms with Crippen LogP contribution in [0.5, 0.6) is 0 Å². The standard InChI is InChI=1S/C20H19F9O8/c21-17(22,23)7-36-14(33)16-3-8-1-9(4-16)12(10(2-8)5-16)37-11(30)6-35-15(34)19(26,27)20(28,29)18(24,25)13(31)32/h8-10,12H,1-7H2,(H,31,32)/p-1. The molecule has 4 rings (SSSR count). The lowest BCUT2D eigenvalue weighted by Crippen LogP contribution is -2.64. The highest BCUT2D eigenvalue weighted by Crippen LogP contribution is 2.61. The van der Waals surface area contributed by atoms with Crippen molar-refractivity contribution in [1.82, 2.24) is 0 Å². The number of rotatable bonds is 9. The van der Waals surface area contributed by atoms with Gasteiger partial charge in [0.25, 0.3) is 0 Å². The maximum atomic E-state index is 13.6. The van der Waals surface area contributed by atoms with Crippen LogP contribution in [0.1, 0.15) is 32.1 Å². The molecule has 4 bridgehead atoms. The first kappa shape index (κ1) is 28.8. The number of hydrogen-bond acceptors (Lipinski definition) is 8. The smallest absolute Gasteiger partial charge is 0.422 e. The molecule has 0 N–H and O–H groups in total. The van der Waals surface area contributed by atoms with Gasteiger partial charge in [-0.2, -0.15) is 39.5 Å². The lowest BCUT2D eigenvalue weighted by atomic mass is 9.48. The van der Waals surface area contributed by atoms with Crippen LogP contribution in [0.3, 0.4) is 0 Å². The van der Waals surface area contributed by atoms with Gasteiger partial charge in [0.2, 0.25) is 0 Å². The Morgan fingerprint density at radius 2 is 1.35 bits per heavy atom. The van der Waals surface area contributed by atoms with Gasteiger partial charge in [-0.3, -0.25) is 4.79 Å². The van der Waals surface area contributed by atoms with E-state index in [4.69, 9.17) is 4.74 Å². The highest BCUT2D eigenvalue weighted by atomic mass is 19.4. The molecule has 17 heteroatoms. The fourth-order valence-corrected chi connectivity index (χ4v) is 5.58. The number of esters is 3. The minimum Gasteiger partial charge on any atom is -0.544 e. The van der Waals surface area contributed by atoms with Gasteiger partial charge in [-0.25, -0.2) is 9.59 Å². The van der Waals surface area contributed by atoms with Gasteiger partial charge in [-0.15, -0.1) is 0 Å². The minimum absolute atomic E-state index is 0.0168. The maximum Gasteiger partial charge on any atom is 0.422 e. The first-order chi connectivity index (χ1) is 16.7. The van der Waals surface area contributed by atoms with Gasteiger partial charge in [0.15, 0.2) is 13.2 Å². The first-order valence-electron chi connectivity index (χ1n) is 10.7. The molecule has 0 saturated heterocycles. The summed E-state index contributed by atoms with van der Waals surface area (Å²) in [5.74, 6) is -30.6. The summed E-state index contributed by atoms with van der Waals surface area (Å²) in [5, 5.41) is 10.1. The average molecular weight is 557 g/mol. The molecule has 0 aliphatic heterocycles. The number of carbonyl (C=O) groups excluding carboxylic acids is 4. The highest BCUT2D eigenvalue weighted by molar-refractivity contribution is 5.85. The van der Waals surface area contributed by atoms with Crippen molar-refractivity contribution >= 4 is 23.9 Å². The molecular formula is C20H18F9O8-. The molecule has 4 fully saturated rings. The molecule has 0 heterocycles. The third-order valence-corrected chi connectivity index (χ3v) is 6.88. The molecule has 0 radical (unpaired) electrons. The summed E-state index contributed by atoms with van der Waals surface area (Å²) in [6.45, 7) is -3.50. The number of halogens is 9. The normalized spacial score (nSPS) is 29.5. The second kappa shape index (κ2) is 9.22. The average Bonchev–Trinajstić information content (AvgIpc) is 2.76. The molecule has 37 heavy (non-hydrogen) atoms. The second-order valence-corrected chi connectivity index (χ2v) is 9.48. The van der Waals surface area contributed by atoms with Crippen molar-refractivity contribution in [3.63, 3.8) is 0 Å². The molecule has 8 nitrogen and oxygen atoms in total. The van der Waals surface area contributed by atoms with Gasteiger partial charge in [-0.05, 0) is 49.9 Å². The molecule has 0 aromatic heterocycles. The van der Waals surface area contributed by atoms with Gasteiger partial charge >= 0.3 is 41.9 Å². The summed E-state index contributed by atoms with van der Waals surface area (Å²) >= 11 is 0. The summed E-state index contributed by atoms with van der Waals surface area (Å²) in [5.41, 5.74) is -1.24. The van der Waals surface area contributed by atoms with Crippen molar-refractivity contribution in [2.45, 2.75) is 62.2 Å². The lowest BCUT2D eigenvalue weighted by molar-refractivity contribution is -0.366. The largest absolute Gasteiger partial charge is 0.544 e. The number of carboxylic acid groups (broad SMARTS) is 1. The predicted molar refractivity (Wildman–Crippen MR) is 93.7 cm³/mol. The van der Waals surface area contributed by atoms with Crippen LogP contribution in [-0.4, -0.2) is 67.1 Å². The maximum absolute atomic E-state index is 13.6. The zero-order chi connectivity index (χ0) is 28.2. The van der Waals surface area contributed by atoms with Gasteiger partial charge in [0, 0.05) is 0 Å². The van der Waals surface area contributed by atoms with E-state index < -0.39 is 84.4 Å². The Kier molecular flexibility index (Phi) is 7.18. The minimum atomic E-state index is -6.77. The molecule has 4 aliphatic carbocycles. The van der Waals surface area contributed by atoms with E-state index in [0.29, 0.717) is 12.8 Å². The summed E-state index contributed by atoms with van der Waals surface area (Å²) in [4.78, 5) is 45.9. The summed E-state index contributed by atoms with van der Waals surface area (Å²) in [6, 6.07) is 0. The molecule has 0 aromatic carbocycles. The van der Waals surface area contributed by atoms with E-state index in [2.05, 4.69) is 9.47 Å². The zero-order valence-electron chi connectivity index (χ0n) is 18.4. The Labute approximate surface area is 201 Å². The molecule has 2 unspecified atom stereocenters. The molecule has 2 atom stereocenters. The fourth-order valence-electron chi connectivity index (χ4n) is 5.58. The number of carboxylic acids is 1. The predicted octanol–water partition coefficient (Wildman–Crippen LogP) is 2.03. The molecule has 4 aliphatic rings. The Balaban J connectivity index is 1.60. The van der Waals surface area contributed by atoms with E-state index in [-0.39, 0.29) is 25.2 Å². The third kappa shape index (κ3) is 5.17. The van der Waals surface area contributed by atoms with Crippen molar-refractivity contribution in [3.8, 4) is 0 Å². The molecule has 0 amide bonds. The van der Waals surface area contributed by atoms with Crippen molar-refractivity contribution < 1.29 is 78.0 Å². The zero-order valence-corrected chi connectivity index (χ0v) is 18.4. The van der Waals surface area contributed by atoms with Crippen molar-refractivity contribution in [2.24, 2.45) is 23.2 Å². The van der Waals surface area contributed by atoms with Gasteiger partial charge < -0.3 is 24.1 Å². The number of hydrogen-bond donors (Lipinski definition) is 0. The highest BCUT2D eigenvalue weighted by Gasteiger charge is 2.76. The van der Waals surface area contributed by atoms with Crippen LogP contribution < -0.4 is 5.11 Å². The summed E-state index contributed by atoms with van der Waals surface area (Å²) < 4.78 is 130. The SMILES string of the molecule is O=C(COC(=O)C(F)(F)C(F)(F)C(F)(F)C(=O)[O-])OC1C2CC3CC1CC(C(=O)OCC(F)(F)F)(C3)C2. The van der Waals surface area contributed by atoms with Gasteiger partial charge in [0.1, 0.15) is 12.1 Å². The number of carbonyl (C=O) groups is 4. The van der Waals surface area contributed by atoms with Crippen molar-refractivity contribution in [1.29, 1.82) is 0 Å². The summed E-state index contributed by atoms with van der Waals surface area (Å²) in [6.07, 6.45) is -4.70. The van der Waals surface area contributed by atoms with Crippen LogP contribution in [0.4, 0.5) is 39.5 Å². The van der Waals surface area contributed by atoms with Crippen LogP contribution in [0.25, 0.3) is 0 Å². The lowest BCUT2D eigenvalue weighted by Gasteiger charge is -2.57. The van der Waals surface area contributed by atoms with E-state index in [9.17, 15) is 63.8 Å². The monoisotopic (exact) mass is 557 g/mol. The topological polar surface area (TPSA) is 119 Å². The van der Waals surface area contributed by atoms with E-state index in [1.54, 1.807) is 0 Å². The first-order valence-corrected chi connectivity index (χ1v) is 10.7. The number of aliphatic carboxylic acids is 1. The van der Waals surface area contributed by atoms with Gasteiger partial charge in [-0.1, -0.05) is 0 Å². The Bertz CT molecular complexity index is 948. The number of ether oxygens (including phenoxy) is 3. The van der Waals surface area contributed by atoms with Crippen LogP contribution in [0.15, 0.2) is 0 Å². The fraction of sp³-hybridized carbons (Fsp3) is 0.800. The molecule has 0 spiro atoms. The van der Waals surface area contributed by atoms with Crippen LogP contribution in [0.2, 0.25) is 0 Å². The summed E-state index contributed by atoms with van der Waals surface area (Å²) in [7, 11) is 0. The van der Waals surface area contributed by atoms with Crippen LogP contribution >= 0.6 is 0 Å². The Hall–Kier alpha value is -2.75. The van der Waals surface area contributed by atoms with E-state index in [1.807, 2.05) is 0 Å². The van der Waals surface area contributed by atoms with E-state index >= 15 is 0 Å². The molecule has 210 valence electrons. The second-order valence-electron chi connectivity index (χ2n) is 9.48. The van der Waals surface area contributed by atoms with Crippen molar-refractivity contribution in [2.75, 3.05) is 13.2 Å². The van der Waals surface area contributed by atoms with Crippen LogP contribution in [0, 0.1) is 23.2 Å². The Morgan fingerprint density at radius 1 is 0.811 bits per heavy atom. The van der Waals surface area contributed by atoms with E-state index in [0.717, 1.165) is 0 Å².